The maximum Gasteiger partial charge on any atom is 0.279 e. The molecule has 1 rings (SSSR count). The van der Waals surface area contributed by atoms with Crippen molar-refractivity contribution in [2.24, 2.45) is 0 Å². The highest BCUT2D eigenvalue weighted by Gasteiger charge is 2.14. The van der Waals surface area contributed by atoms with Crippen molar-refractivity contribution >= 4 is 39.2 Å². The lowest BCUT2D eigenvalue weighted by molar-refractivity contribution is -0.127. The largest absolute Gasteiger partial charge is 0.481 e. The van der Waals surface area contributed by atoms with Crippen molar-refractivity contribution in [2.45, 2.75) is 13.0 Å². The average molecular weight is 389 g/mol. The van der Waals surface area contributed by atoms with Crippen molar-refractivity contribution in [3.63, 3.8) is 0 Å². The number of ether oxygens (including phenoxy) is 1. The van der Waals surface area contributed by atoms with Gasteiger partial charge < -0.3 is 15.0 Å². The fraction of sp³-hybridized carbons (Fsp3) is 0.429. The van der Waals surface area contributed by atoms with E-state index in [0.717, 1.165) is 11.0 Å². The lowest BCUT2D eigenvalue weighted by atomic mass is 10.3. The first-order chi connectivity index (χ1) is 10.4. The number of nitrogens with one attached hydrogen (secondary N) is 3. The van der Waals surface area contributed by atoms with E-state index in [1.165, 1.54) is 0 Å². The van der Waals surface area contributed by atoms with Crippen molar-refractivity contribution in [1.82, 2.24) is 21.1 Å². The Morgan fingerprint density at radius 3 is 2.77 bits per heavy atom. The smallest absolute Gasteiger partial charge is 0.279 e. The predicted molar refractivity (Wildman–Crippen MR) is 94.7 cm³/mol. The number of thiocarbonyl (C=S) groups is 1. The van der Waals surface area contributed by atoms with Gasteiger partial charge in [0.1, 0.15) is 5.75 Å². The third kappa shape index (κ3) is 7.58. The molecule has 0 unspecified atom stereocenters. The Bertz CT molecular complexity index is 513. The van der Waals surface area contributed by atoms with Crippen LogP contribution in [0.5, 0.6) is 5.75 Å². The van der Waals surface area contributed by atoms with E-state index in [0.29, 0.717) is 17.4 Å². The minimum absolute atomic E-state index is 0.309. The summed E-state index contributed by atoms with van der Waals surface area (Å²) < 4.78 is 6.44. The molecule has 22 heavy (non-hydrogen) atoms. The molecule has 0 fully saturated rings. The minimum Gasteiger partial charge on any atom is -0.481 e. The molecule has 0 aliphatic carbocycles. The van der Waals surface area contributed by atoms with Crippen molar-refractivity contribution in [2.75, 3.05) is 27.2 Å². The van der Waals surface area contributed by atoms with Gasteiger partial charge in [-0.05, 0) is 51.4 Å². The Hall–Kier alpha value is -1.38. The maximum absolute atomic E-state index is 11.9. The van der Waals surface area contributed by atoms with Crippen LogP contribution in [0.1, 0.15) is 6.92 Å². The fourth-order valence-electron chi connectivity index (χ4n) is 1.46. The Morgan fingerprint density at radius 2 is 2.14 bits per heavy atom. The zero-order valence-corrected chi connectivity index (χ0v) is 15.3. The van der Waals surface area contributed by atoms with Crippen LogP contribution >= 0.6 is 28.1 Å². The quantitative estimate of drug-likeness (QED) is 0.503. The molecule has 6 nitrogen and oxygen atoms in total. The Morgan fingerprint density at radius 1 is 1.41 bits per heavy atom. The van der Waals surface area contributed by atoms with Crippen LogP contribution in [-0.2, 0) is 4.79 Å². The highest BCUT2D eigenvalue weighted by molar-refractivity contribution is 9.10. The number of hydrogen-bond donors (Lipinski definition) is 3. The molecule has 0 aliphatic rings. The number of amides is 1. The van der Waals surface area contributed by atoms with Gasteiger partial charge in [0, 0.05) is 17.6 Å². The topological polar surface area (TPSA) is 65.6 Å². The second-order valence-electron chi connectivity index (χ2n) is 4.89. The van der Waals surface area contributed by atoms with E-state index in [1.54, 1.807) is 19.1 Å². The van der Waals surface area contributed by atoms with Crippen LogP contribution in [0.15, 0.2) is 28.7 Å². The Labute approximate surface area is 144 Å². The maximum atomic E-state index is 11.9. The van der Waals surface area contributed by atoms with Gasteiger partial charge in [-0.2, -0.15) is 0 Å². The summed E-state index contributed by atoms with van der Waals surface area (Å²) in [5.74, 6) is 0.306. The molecule has 0 saturated carbocycles. The molecule has 0 radical (unpaired) electrons. The SMILES string of the molecule is C[C@@H](Oc1cccc(Br)c1)C(=O)NNC(=S)NCCN(C)C. The molecule has 8 heteroatoms. The number of likely N-dealkylation sites (N-methyl/N-ethyl adjacent to an activating group) is 1. The fourth-order valence-corrected chi connectivity index (χ4v) is 1.99. The molecule has 0 aliphatic heterocycles. The summed E-state index contributed by atoms with van der Waals surface area (Å²) in [7, 11) is 3.95. The third-order valence-electron chi connectivity index (χ3n) is 2.62. The first-order valence-corrected chi connectivity index (χ1v) is 7.99. The number of benzene rings is 1. The van der Waals surface area contributed by atoms with Crippen molar-refractivity contribution in [1.29, 1.82) is 0 Å². The molecular formula is C14H21BrN4O2S. The van der Waals surface area contributed by atoms with Gasteiger partial charge in [-0.1, -0.05) is 22.0 Å². The van der Waals surface area contributed by atoms with Gasteiger partial charge in [-0.15, -0.1) is 0 Å². The third-order valence-corrected chi connectivity index (χ3v) is 3.36. The van der Waals surface area contributed by atoms with Gasteiger partial charge in [-0.3, -0.25) is 15.6 Å². The van der Waals surface area contributed by atoms with Crippen molar-refractivity contribution < 1.29 is 9.53 Å². The van der Waals surface area contributed by atoms with Gasteiger partial charge >= 0.3 is 0 Å². The van der Waals surface area contributed by atoms with Crippen molar-refractivity contribution in [3.8, 4) is 5.75 Å². The van der Waals surface area contributed by atoms with E-state index in [9.17, 15) is 4.79 Å². The highest BCUT2D eigenvalue weighted by atomic mass is 79.9. The molecule has 1 aromatic carbocycles. The summed E-state index contributed by atoms with van der Waals surface area (Å²) in [6.45, 7) is 3.21. The summed E-state index contributed by atoms with van der Waals surface area (Å²) in [5.41, 5.74) is 5.16. The summed E-state index contributed by atoms with van der Waals surface area (Å²) in [6, 6.07) is 7.31. The normalized spacial score (nSPS) is 11.7. The Kier molecular flexibility index (Phi) is 8.15. The van der Waals surface area contributed by atoms with Crippen LogP contribution in [0.3, 0.4) is 0 Å². The van der Waals surface area contributed by atoms with E-state index in [4.69, 9.17) is 17.0 Å². The number of halogens is 1. The molecular weight excluding hydrogens is 368 g/mol. The number of hydrazine groups is 1. The average Bonchev–Trinajstić information content (AvgIpc) is 2.44. The molecule has 1 aromatic rings. The van der Waals surface area contributed by atoms with E-state index in [2.05, 4.69) is 32.1 Å². The lowest BCUT2D eigenvalue weighted by Gasteiger charge is -2.17. The van der Waals surface area contributed by atoms with Crippen LogP contribution in [-0.4, -0.2) is 49.2 Å². The van der Waals surface area contributed by atoms with Gasteiger partial charge in [0.15, 0.2) is 11.2 Å². The molecule has 0 heterocycles. The van der Waals surface area contributed by atoms with Crippen LogP contribution in [0.25, 0.3) is 0 Å². The van der Waals surface area contributed by atoms with E-state index >= 15 is 0 Å². The second-order valence-corrected chi connectivity index (χ2v) is 6.21. The summed E-state index contributed by atoms with van der Waals surface area (Å²) >= 11 is 8.41. The molecule has 0 bridgehead atoms. The molecule has 0 saturated heterocycles. The molecule has 1 amide bonds. The highest BCUT2D eigenvalue weighted by Crippen LogP contribution is 2.18. The summed E-state index contributed by atoms with van der Waals surface area (Å²) in [5, 5.41) is 3.35. The second kappa shape index (κ2) is 9.60. The first-order valence-electron chi connectivity index (χ1n) is 6.79. The number of carbonyl (C=O) groups is 1. The van der Waals surface area contributed by atoms with Crippen LogP contribution in [0, 0.1) is 0 Å². The monoisotopic (exact) mass is 388 g/mol. The van der Waals surface area contributed by atoms with Gasteiger partial charge in [-0.25, -0.2) is 0 Å². The standard InChI is InChI=1S/C14H21BrN4O2S/c1-10(21-12-6-4-5-11(15)9-12)13(20)17-18-14(22)16-7-8-19(2)3/h4-6,9-10H,7-8H2,1-3H3,(H,17,20)(H2,16,18,22)/t10-/m1/s1. The zero-order chi connectivity index (χ0) is 16.5. The molecule has 122 valence electrons. The van der Waals surface area contributed by atoms with Gasteiger partial charge in [0.25, 0.3) is 5.91 Å². The Balaban J connectivity index is 2.30. The molecule has 0 aromatic heterocycles. The number of carbonyl (C=O) groups excluding carboxylic acids is 1. The number of rotatable bonds is 6. The van der Waals surface area contributed by atoms with E-state index in [1.807, 2.05) is 31.1 Å². The van der Waals surface area contributed by atoms with Crippen LogP contribution < -0.4 is 20.9 Å². The predicted octanol–water partition coefficient (Wildman–Crippen LogP) is 1.27. The first kappa shape index (κ1) is 18.7. The van der Waals surface area contributed by atoms with Crippen LogP contribution in [0.4, 0.5) is 0 Å². The number of hydrogen-bond acceptors (Lipinski definition) is 4. The number of nitrogens with zero attached hydrogens (tertiary/aromatic N) is 1. The molecule has 3 N–H and O–H groups in total. The zero-order valence-electron chi connectivity index (χ0n) is 12.9. The van der Waals surface area contributed by atoms with E-state index in [-0.39, 0.29) is 5.91 Å². The van der Waals surface area contributed by atoms with Crippen molar-refractivity contribution in [3.05, 3.63) is 28.7 Å². The molecule has 1 atom stereocenters. The minimum atomic E-state index is -0.647. The molecule has 0 spiro atoms. The summed E-state index contributed by atoms with van der Waals surface area (Å²) in [6.07, 6.45) is -0.647. The lowest BCUT2D eigenvalue weighted by Crippen LogP contribution is -2.51. The van der Waals surface area contributed by atoms with E-state index < -0.39 is 6.10 Å². The van der Waals surface area contributed by atoms with Gasteiger partial charge in [0.2, 0.25) is 0 Å². The van der Waals surface area contributed by atoms with Gasteiger partial charge in [0.05, 0.1) is 0 Å². The van der Waals surface area contributed by atoms with Crippen LogP contribution in [0.2, 0.25) is 0 Å². The summed E-state index contributed by atoms with van der Waals surface area (Å²) in [4.78, 5) is 13.9.